The molecule has 0 radical (unpaired) electrons. The molecule has 0 aromatic carbocycles. The molecular weight excluding hydrogens is 642 g/mol. The van der Waals surface area contributed by atoms with E-state index in [4.69, 9.17) is 33.2 Å². The van der Waals surface area contributed by atoms with Crippen LogP contribution in [-0.2, 0) is 38.0 Å². The highest BCUT2D eigenvalue weighted by Gasteiger charge is 2.55. The van der Waals surface area contributed by atoms with Crippen molar-refractivity contribution in [2.24, 2.45) is 0 Å². The van der Waals surface area contributed by atoms with E-state index in [9.17, 15) is 61.0 Å². The van der Waals surface area contributed by atoms with Crippen LogP contribution in [0.5, 0.6) is 0 Å². The number of amides is 1. The normalized spacial score (nSPS) is 49.4. The smallest absolute Gasteiger partial charge is 0.217 e. The summed E-state index contributed by atoms with van der Waals surface area (Å²) >= 11 is 0. The third-order valence-corrected chi connectivity index (χ3v) is 8.67. The molecule has 4 aliphatic rings. The number of rotatable bonds is 11. The Labute approximate surface area is 268 Å². The summed E-state index contributed by atoms with van der Waals surface area (Å²) in [5, 5.41) is 117. The summed E-state index contributed by atoms with van der Waals surface area (Å²) in [6, 6.07) is -1.55. The summed E-state index contributed by atoms with van der Waals surface area (Å²) in [5.41, 5.74) is 0. The van der Waals surface area contributed by atoms with E-state index in [1.54, 1.807) is 6.92 Å². The lowest BCUT2D eigenvalue weighted by Crippen LogP contribution is -2.69. The molecule has 19 atom stereocenters. The van der Waals surface area contributed by atoms with Crippen molar-refractivity contribution < 1.29 is 94.1 Å². The largest absolute Gasteiger partial charge is 0.394 e. The SMILES string of the molecule is CC(=O)NC1C(OC2C(O)C(CO)OC(OC3C(O)C[C@H](C)OC3CO)C2O)OC(CO)C(OC2OC(CO)C(O)C(O)C2O)C1O. The molecule has 18 unspecified atom stereocenters. The highest BCUT2D eigenvalue weighted by molar-refractivity contribution is 5.73. The lowest BCUT2D eigenvalue weighted by atomic mass is 9.94. The van der Waals surface area contributed by atoms with Gasteiger partial charge < -0.3 is 94.6 Å². The van der Waals surface area contributed by atoms with Gasteiger partial charge in [0.05, 0.1) is 38.6 Å². The van der Waals surface area contributed by atoms with Gasteiger partial charge in [0, 0.05) is 13.3 Å². The second-order valence-electron chi connectivity index (χ2n) is 12.1. The second-order valence-corrected chi connectivity index (χ2v) is 12.1. The molecule has 0 spiro atoms. The Morgan fingerprint density at radius 3 is 1.66 bits per heavy atom. The Kier molecular flexibility index (Phi) is 13.6. The quantitative estimate of drug-likeness (QED) is 0.0958. The Morgan fingerprint density at radius 2 is 1.09 bits per heavy atom. The molecule has 274 valence electrons. The van der Waals surface area contributed by atoms with Gasteiger partial charge in [0.25, 0.3) is 0 Å². The maximum Gasteiger partial charge on any atom is 0.217 e. The van der Waals surface area contributed by atoms with Gasteiger partial charge in [0.2, 0.25) is 5.91 Å². The molecule has 1 amide bonds. The number of aliphatic hydroxyl groups is 11. The molecule has 4 saturated heterocycles. The molecule has 0 bridgehead atoms. The maximum atomic E-state index is 12.2. The van der Waals surface area contributed by atoms with Gasteiger partial charge in [-0.3, -0.25) is 4.79 Å². The average Bonchev–Trinajstić information content (AvgIpc) is 3.03. The summed E-state index contributed by atoms with van der Waals surface area (Å²) in [6.07, 6.45) is -27.3. The highest BCUT2D eigenvalue weighted by atomic mass is 16.8. The van der Waals surface area contributed by atoms with Crippen molar-refractivity contribution in [3.63, 3.8) is 0 Å². The molecule has 4 rings (SSSR count). The van der Waals surface area contributed by atoms with Gasteiger partial charge in [-0.15, -0.1) is 0 Å². The van der Waals surface area contributed by atoms with Crippen LogP contribution in [0.15, 0.2) is 0 Å². The van der Waals surface area contributed by atoms with E-state index in [0.717, 1.165) is 6.92 Å². The fourth-order valence-electron chi connectivity index (χ4n) is 6.19. The van der Waals surface area contributed by atoms with Crippen molar-refractivity contribution in [1.29, 1.82) is 0 Å². The van der Waals surface area contributed by atoms with Crippen LogP contribution in [0.25, 0.3) is 0 Å². The van der Waals surface area contributed by atoms with Crippen LogP contribution in [0.3, 0.4) is 0 Å². The first-order valence-electron chi connectivity index (χ1n) is 15.3. The number of hydrogen-bond acceptors (Lipinski definition) is 19. The van der Waals surface area contributed by atoms with Crippen LogP contribution in [0.1, 0.15) is 20.3 Å². The lowest BCUT2D eigenvalue weighted by Gasteiger charge is -2.49. The summed E-state index contributed by atoms with van der Waals surface area (Å²) < 4.78 is 39.6. The molecule has 12 N–H and O–H groups in total. The Balaban J connectivity index is 1.55. The number of carbonyl (C=O) groups is 1. The van der Waals surface area contributed by atoms with E-state index < -0.39 is 149 Å². The summed E-state index contributed by atoms with van der Waals surface area (Å²) in [5.74, 6) is -0.710. The van der Waals surface area contributed by atoms with Crippen molar-refractivity contribution in [2.75, 3.05) is 26.4 Å². The van der Waals surface area contributed by atoms with Crippen molar-refractivity contribution in [1.82, 2.24) is 5.32 Å². The predicted molar refractivity (Wildman–Crippen MR) is 148 cm³/mol. The Morgan fingerprint density at radius 1 is 0.596 bits per heavy atom. The van der Waals surface area contributed by atoms with E-state index in [1.807, 2.05) is 0 Å². The fourth-order valence-corrected chi connectivity index (χ4v) is 6.19. The first-order valence-corrected chi connectivity index (χ1v) is 15.3. The predicted octanol–water partition coefficient (Wildman–Crippen LogP) is -7.51. The van der Waals surface area contributed by atoms with Crippen LogP contribution >= 0.6 is 0 Å². The van der Waals surface area contributed by atoms with Crippen molar-refractivity contribution in [3.8, 4) is 0 Å². The number of ether oxygens (including phenoxy) is 7. The highest BCUT2D eigenvalue weighted by Crippen LogP contribution is 2.34. The topological polar surface area (TPSA) is 316 Å². The monoisotopic (exact) mass is 689 g/mol. The molecule has 0 aliphatic carbocycles. The van der Waals surface area contributed by atoms with E-state index in [-0.39, 0.29) is 6.42 Å². The molecule has 47 heavy (non-hydrogen) atoms. The van der Waals surface area contributed by atoms with E-state index in [1.165, 1.54) is 0 Å². The minimum atomic E-state index is -1.88. The first kappa shape index (κ1) is 38.6. The minimum absolute atomic E-state index is 0.122. The van der Waals surface area contributed by atoms with Gasteiger partial charge in [0.15, 0.2) is 18.9 Å². The molecule has 4 aliphatic heterocycles. The molecule has 0 aromatic heterocycles. The van der Waals surface area contributed by atoms with Crippen LogP contribution in [0.2, 0.25) is 0 Å². The molecule has 20 heteroatoms. The third-order valence-electron chi connectivity index (χ3n) is 8.67. The number of carbonyl (C=O) groups excluding carboxylic acids is 1. The zero-order chi connectivity index (χ0) is 34.7. The molecule has 4 fully saturated rings. The number of hydrogen-bond donors (Lipinski definition) is 12. The first-order chi connectivity index (χ1) is 22.3. The summed E-state index contributed by atoms with van der Waals surface area (Å²) in [6.45, 7) is -0.216. The zero-order valence-corrected chi connectivity index (χ0v) is 25.7. The van der Waals surface area contributed by atoms with Crippen LogP contribution in [0, 0.1) is 0 Å². The van der Waals surface area contributed by atoms with E-state index in [2.05, 4.69) is 5.32 Å². The molecule has 20 nitrogen and oxygen atoms in total. The second kappa shape index (κ2) is 16.6. The third kappa shape index (κ3) is 8.39. The van der Waals surface area contributed by atoms with Crippen molar-refractivity contribution in [3.05, 3.63) is 0 Å². The minimum Gasteiger partial charge on any atom is -0.394 e. The van der Waals surface area contributed by atoms with Gasteiger partial charge in [-0.05, 0) is 6.92 Å². The van der Waals surface area contributed by atoms with Gasteiger partial charge >= 0.3 is 0 Å². The van der Waals surface area contributed by atoms with Gasteiger partial charge in [0.1, 0.15) is 85.4 Å². The van der Waals surface area contributed by atoms with E-state index in [0.29, 0.717) is 0 Å². The summed E-state index contributed by atoms with van der Waals surface area (Å²) in [7, 11) is 0. The standard InChI is InChI=1S/C27H47NO19/c1-8-3-10(34)22(13(6-31)41-8)45-27-21(40)24(17(36)12(5-30)43-27)47-25-15(28-9(2)33)18(37)23(14(7-32)44-25)46-26-20(39)19(38)16(35)11(4-29)42-26/h8,10-27,29-32,34-40H,3-7H2,1-2H3,(H,28,33)/t8-,10?,11?,12?,13?,14?,15?,16?,17?,18?,19?,20?,21?,22?,23?,24?,25?,26?,27?/m0/s1. The van der Waals surface area contributed by atoms with Crippen molar-refractivity contribution >= 4 is 5.91 Å². The van der Waals surface area contributed by atoms with Gasteiger partial charge in [-0.1, -0.05) is 0 Å². The molecule has 0 saturated carbocycles. The molecule has 4 heterocycles. The Hall–Kier alpha value is -1.25. The van der Waals surface area contributed by atoms with Gasteiger partial charge in [-0.2, -0.15) is 0 Å². The van der Waals surface area contributed by atoms with Crippen LogP contribution in [-0.4, -0.2) is 205 Å². The van der Waals surface area contributed by atoms with Crippen LogP contribution in [0.4, 0.5) is 0 Å². The van der Waals surface area contributed by atoms with Crippen LogP contribution < -0.4 is 5.32 Å². The molecule has 0 aromatic rings. The summed E-state index contributed by atoms with van der Waals surface area (Å²) in [4.78, 5) is 12.2. The van der Waals surface area contributed by atoms with Gasteiger partial charge in [-0.25, -0.2) is 0 Å². The lowest BCUT2D eigenvalue weighted by molar-refractivity contribution is -0.374. The van der Waals surface area contributed by atoms with Crippen molar-refractivity contribution in [2.45, 2.75) is 137 Å². The number of aliphatic hydroxyl groups excluding tert-OH is 11. The fraction of sp³-hybridized carbons (Fsp3) is 0.963. The van der Waals surface area contributed by atoms with E-state index >= 15 is 0 Å². The average molecular weight is 690 g/mol. The molecular formula is C27H47NO19. The number of nitrogens with one attached hydrogen (secondary N) is 1. The zero-order valence-electron chi connectivity index (χ0n) is 25.7. The maximum absolute atomic E-state index is 12.2. The Bertz CT molecular complexity index is 996.